The maximum atomic E-state index is 13.2. The maximum Gasteiger partial charge on any atom is 0.401 e. The molecule has 1 saturated heterocycles. The first kappa shape index (κ1) is 30.1. The molecule has 0 saturated carbocycles. The molecular weight excluding hydrogens is 565 g/mol. The largest absolute Gasteiger partial charge is 0.401 e. The normalized spacial score (nSPS) is 15.4. The number of hydroxylamine groups is 1. The second-order valence-electron chi connectivity index (χ2n) is 10.5. The number of likely N-dealkylation sites (tertiary alicyclic amines) is 1. The summed E-state index contributed by atoms with van der Waals surface area (Å²) in [4.78, 5) is 40.7. The van der Waals surface area contributed by atoms with Crippen LogP contribution in [-0.4, -0.2) is 63.4 Å². The Labute approximate surface area is 245 Å². The number of halogens is 3. The lowest BCUT2D eigenvalue weighted by Gasteiger charge is -2.38. The van der Waals surface area contributed by atoms with E-state index in [1.165, 1.54) is 24.4 Å². The zero-order valence-corrected chi connectivity index (χ0v) is 23.6. The summed E-state index contributed by atoms with van der Waals surface area (Å²) in [7, 11) is 1.27. The van der Waals surface area contributed by atoms with Crippen molar-refractivity contribution in [3.63, 3.8) is 0 Å². The van der Waals surface area contributed by atoms with Gasteiger partial charge in [-0.05, 0) is 54.7 Å². The van der Waals surface area contributed by atoms with Crippen molar-refractivity contribution in [1.29, 1.82) is 0 Å². The summed E-state index contributed by atoms with van der Waals surface area (Å²) in [6.45, 7) is 1.26. The van der Waals surface area contributed by atoms with Crippen LogP contribution in [0.5, 0.6) is 0 Å². The van der Waals surface area contributed by atoms with Crippen molar-refractivity contribution in [2.24, 2.45) is 0 Å². The Morgan fingerprint density at radius 1 is 1.14 bits per heavy atom. The lowest BCUT2D eigenvalue weighted by atomic mass is 9.84. The first-order chi connectivity index (χ1) is 20.5. The van der Waals surface area contributed by atoms with Crippen molar-refractivity contribution < 1.29 is 27.9 Å². The van der Waals surface area contributed by atoms with Gasteiger partial charge in [-0.15, -0.1) is 0 Å². The van der Waals surface area contributed by atoms with Crippen LogP contribution in [0.15, 0.2) is 65.7 Å². The van der Waals surface area contributed by atoms with Crippen molar-refractivity contribution in [3.8, 4) is 5.69 Å². The van der Waals surface area contributed by atoms with Gasteiger partial charge in [0.1, 0.15) is 5.56 Å². The van der Waals surface area contributed by atoms with Crippen molar-refractivity contribution in [2.75, 3.05) is 32.1 Å². The molecule has 1 amide bonds. The third-order valence-electron chi connectivity index (χ3n) is 7.55. The average Bonchev–Trinajstić information content (AvgIpc) is 2.98. The fraction of sp³-hybridized carbons (Fsp3) is 0.333. The molecular formula is C30H31F3N6O4. The molecule has 3 heterocycles. The van der Waals surface area contributed by atoms with Gasteiger partial charge in [-0.25, -0.2) is 10.5 Å². The number of carbonyl (C=O) groups is 1. The highest BCUT2D eigenvalue weighted by atomic mass is 19.4. The van der Waals surface area contributed by atoms with Gasteiger partial charge >= 0.3 is 6.18 Å². The zero-order valence-electron chi connectivity index (χ0n) is 23.6. The number of alkyl halides is 3. The molecule has 0 atom stereocenters. The predicted molar refractivity (Wildman–Crippen MR) is 154 cm³/mol. The lowest BCUT2D eigenvalue weighted by Crippen LogP contribution is -2.45. The van der Waals surface area contributed by atoms with E-state index in [0.717, 1.165) is 12.0 Å². The Balaban J connectivity index is 1.47. The lowest BCUT2D eigenvalue weighted by molar-refractivity contribution is -0.154. The van der Waals surface area contributed by atoms with E-state index in [-0.39, 0.29) is 48.5 Å². The number of hydrogen-bond donors (Lipinski definition) is 3. The number of amides is 1. The SMILES string of the molecule is CCc1ccc(-n2cc(C(=O)NOC)c(=O)c3cnc(Nc4cccc(C5(O)CCN(CC(F)(F)F)CC5)c4)nc32)cc1. The minimum absolute atomic E-state index is 0.113. The zero-order chi connectivity index (χ0) is 30.8. The van der Waals surface area contributed by atoms with Crippen LogP contribution in [0.3, 0.4) is 0 Å². The Morgan fingerprint density at radius 3 is 2.51 bits per heavy atom. The van der Waals surface area contributed by atoms with E-state index in [9.17, 15) is 27.9 Å². The van der Waals surface area contributed by atoms with E-state index in [1.807, 2.05) is 31.2 Å². The molecule has 1 fully saturated rings. The number of hydrogen-bond acceptors (Lipinski definition) is 8. The predicted octanol–water partition coefficient (Wildman–Crippen LogP) is 4.22. The monoisotopic (exact) mass is 596 g/mol. The molecule has 1 aliphatic heterocycles. The van der Waals surface area contributed by atoms with E-state index in [2.05, 4.69) is 20.8 Å². The fourth-order valence-electron chi connectivity index (χ4n) is 5.21. The van der Waals surface area contributed by atoms with Gasteiger partial charge in [0.05, 0.1) is 24.6 Å². The molecule has 10 nitrogen and oxygen atoms in total. The summed E-state index contributed by atoms with van der Waals surface area (Å²) in [5.41, 5.74) is 3.31. The third kappa shape index (κ3) is 6.69. The number of anilines is 2. The highest BCUT2D eigenvalue weighted by molar-refractivity contribution is 5.96. The standard InChI is InChI=1S/C30H31F3N6O4/c1-3-19-7-9-22(10-8-19)39-17-24(27(41)37-43-2)25(40)23-16-34-28(36-26(23)39)35-21-6-4-5-20(15-21)29(42)11-13-38(14-12-29)18-30(31,32)33/h4-10,15-17,42H,3,11-14,18H2,1-2H3,(H,37,41)(H,34,35,36). The summed E-state index contributed by atoms with van der Waals surface area (Å²) in [6.07, 6.45) is -0.411. The summed E-state index contributed by atoms with van der Waals surface area (Å²) in [5, 5.41) is 14.5. The first-order valence-corrected chi connectivity index (χ1v) is 13.7. The Bertz CT molecular complexity index is 1680. The number of nitrogens with zero attached hydrogens (tertiary/aromatic N) is 4. The van der Waals surface area contributed by atoms with Gasteiger partial charge in [0.25, 0.3) is 5.91 Å². The van der Waals surface area contributed by atoms with E-state index in [4.69, 9.17) is 4.84 Å². The van der Waals surface area contributed by atoms with Crippen molar-refractivity contribution in [1.82, 2.24) is 24.9 Å². The average molecular weight is 597 g/mol. The summed E-state index contributed by atoms with van der Waals surface area (Å²) >= 11 is 0. The van der Waals surface area contributed by atoms with Gasteiger partial charge in [0, 0.05) is 36.9 Å². The van der Waals surface area contributed by atoms with Crippen LogP contribution in [0.4, 0.5) is 24.8 Å². The second kappa shape index (κ2) is 12.1. The van der Waals surface area contributed by atoms with Crippen molar-refractivity contribution >= 4 is 28.6 Å². The Morgan fingerprint density at radius 2 is 1.86 bits per heavy atom. The third-order valence-corrected chi connectivity index (χ3v) is 7.55. The summed E-state index contributed by atoms with van der Waals surface area (Å²) < 4.78 is 40.1. The summed E-state index contributed by atoms with van der Waals surface area (Å²) in [6, 6.07) is 14.5. The van der Waals surface area contributed by atoms with Gasteiger partial charge < -0.3 is 15.0 Å². The highest BCUT2D eigenvalue weighted by Gasteiger charge is 2.38. The van der Waals surface area contributed by atoms with Crippen LogP contribution in [-0.2, 0) is 16.9 Å². The van der Waals surface area contributed by atoms with Crippen LogP contribution in [0.25, 0.3) is 16.7 Å². The minimum atomic E-state index is -4.29. The molecule has 2 aromatic carbocycles. The smallest absolute Gasteiger partial charge is 0.385 e. The van der Waals surface area contributed by atoms with Gasteiger partial charge in [-0.2, -0.15) is 18.2 Å². The van der Waals surface area contributed by atoms with Crippen molar-refractivity contribution in [2.45, 2.75) is 38.0 Å². The van der Waals surface area contributed by atoms with Gasteiger partial charge in [0.15, 0.2) is 5.65 Å². The number of aliphatic hydroxyl groups is 1. The van der Waals surface area contributed by atoms with Crippen LogP contribution >= 0.6 is 0 Å². The molecule has 0 unspecified atom stereocenters. The van der Waals surface area contributed by atoms with Crippen LogP contribution in [0.1, 0.15) is 41.3 Å². The molecule has 0 bridgehead atoms. The number of rotatable bonds is 8. The van der Waals surface area contributed by atoms with E-state index in [1.54, 1.807) is 28.8 Å². The first-order valence-electron chi connectivity index (χ1n) is 13.7. The fourth-order valence-corrected chi connectivity index (χ4v) is 5.21. The van der Waals surface area contributed by atoms with Crippen molar-refractivity contribution in [3.05, 3.63) is 87.8 Å². The molecule has 5 rings (SSSR count). The van der Waals surface area contributed by atoms with E-state index in [0.29, 0.717) is 16.9 Å². The number of nitrogens with one attached hydrogen (secondary N) is 2. The molecule has 4 aromatic rings. The Kier molecular flexibility index (Phi) is 8.49. The number of fused-ring (bicyclic) bond motifs is 1. The number of piperidine rings is 1. The van der Waals surface area contributed by atoms with Gasteiger partial charge in [-0.3, -0.25) is 19.3 Å². The second-order valence-corrected chi connectivity index (χ2v) is 10.5. The maximum absolute atomic E-state index is 13.2. The van der Waals surface area contributed by atoms with E-state index < -0.39 is 29.7 Å². The molecule has 2 aromatic heterocycles. The van der Waals surface area contributed by atoms with Gasteiger partial charge in [0.2, 0.25) is 11.4 Å². The van der Waals surface area contributed by atoms with Crippen LogP contribution < -0.4 is 16.2 Å². The van der Waals surface area contributed by atoms with Crippen LogP contribution in [0, 0.1) is 0 Å². The molecule has 43 heavy (non-hydrogen) atoms. The molecule has 0 spiro atoms. The quantitative estimate of drug-likeness (QED) is 0.259. The number of benzene rings is 2. The number of pyridine rings is 1. The number of aromatic nitrogens is 3. The summed E-state index contributed by atoms with van der Waals surface area (Å²) in [5.74, 6) is -0.557. The molecule has 13 heteroatoms. The van der Waals surface area contributed by atoms with Gasteiger partial charge in [-0.1, -0.05) is 31.2 Å². The number of carbonyl (C=O) groups excluding carboxylic acids is 1. The Hall–Kier alpha value is -4.33. The number of aryl methyl sites for hydroxylation is 1. The molecule has 226 valence electrons. The van der Waals surface area contributed by atoms with E-state index >= 15 is 0 Å². The molecule has 0 radical (unpaired) electrons. The topological polar surface area (TPSA) is 122 Å². The minimum Gasteiger partial charge on any atom is -0.385 e. The highest BCUT2D eigenvalue weighted by Crippen LogP contribution is 2.35. The molecule has 1 aliphatic rings. The van der Waals surface area contributed by atoms with Crippen LogP contribution in [0.2, 0.25) is 0 Å². The molecule has 3 N–H and O–H groups in total. The molecule has 0 aliphatic carbocycles.